The van der Waals surface area contributed by atoms with Gasteiger partial charge >= 0.3 is 0 Å². The Labute approximate surface area is 54.3 Å². The van der Waals surface area contributed by atoms with E-state index in [1.54, 1.807) is 0 Å². The highest BCUT2D eigenvalue weighted by atomic mass is 15.7. The number of hydrazine groups is 2. The third-order valence-electron chi connectivity index (χ3n) is 1.94. The summed E-state index contributed by atoms with van der Waals surface area (Å²) in [6, 6.07) is 0.582. The Kier molecular flexibility index (Phi) is 1.39. The highest BCUT2D eigenvalue weighted by Crippen LogP contribution is 2.07. The van der Waals surface area contributed by atoms with Gasteiger partial charge in [0, 0.05) is 0 Å². The van der Waals surface area contributed by atoms with E-state index in [9.17, 15) is 0 Å². The first-order valence-electron chi connectivity index (χ1n) is 3.46. The first-order valence-corrected chi connectivity index (χ1v) is 3.46. The number of rotatable bonds is 0. The molecule has 2 heterocycles. The molecule has 0 aromatic rings. The minimum absolute atomic E-state index is 0.443. The third kappa shape index (κ3) is 0.943. The maximum absolute atomic E-state index is 3.34. The van der Waals surface area contributed by atoms with Crippen LogP contribution in [0.3, 0.4) is 0 Å². The SMILES string of the molecule is C1CNC2NNNC2C1. The molecule has 0 amide bonds. The molecule has 2 rings (SSSR count). The van der Waals surface area contributed by atoms with Gasteiger partial charge in [0.1, 0.15) is 0 Å². The summed E-state index contributed by atoms with van der Waals surface area (Å²) >= 11 is 0. The summed E-state index contributed by atoms with van der Waals surface area (Å²) in [4.78, 5) is 0. The Balaban J connectivity index is 1.97. The van der Waals surface area contributed by atoms with Crippen molar-refractivity contribution in [1.82, 2.24) is 21.7 Å². The van der Waals surface area contributed by atoms with Gasteiger partial charge in [0.15, 0.2) is 0 Å². The fraction of sp³-hybridized carbons (Fsp3) is 1.00. The summed E-state index contributed by atoms with van der Waals surface area (Å²) in [5.74, 6) is 0. The van der Waals surface area contributed by atoms with Crippen LogP contribution in [0.15, 0.2) is 0 Å². The van der Waals surface area contributed by atoms with Crippen molar-refractivity contribution in [2.45, 2.75) is 25.0 Å². The molecule has 2 saturated heterocycles. The summed E-state index contributed by atoms with van der Waals surface area (Å²) < 4.78 is 0. The molecule has 0 spiro atoms. The molecule has 0 aromatic carbocycles. The maximum Gasteiger partial charge on any atom is 0.0886 e. The van der Waals surface area contributed by atoms with E-state index in [-0.39, 0.29) is 0 Å². The fourth-order valence-electron chi connectivity index (χ4n) is 1.41. The van der Waals surface area contributed by atoms with Gasteiger partial charge in [-0.25, -0.2) is 10.9 Å². The van der Waals surface area contributed by atoms with Crippen LogP contribution in [0, 0.1) is 0 Å². The molecule has 52 valence electrons. The van der Waals surface area contributed by atoms with E-state index in [1.165, 1.54) is 12.8 Å². The van der Waals surface area contributed by atoms with Gasteiger partial charge in [-0.1, -0.05) is 0 Å². The Morgan fingerprint density at radius 1 is 1.22 bits per heavy atom. The van der Waals surface area contributed by atoms with E-state index in [2.05, 4.69) is 21.7 Å². The number of hydrogen-bond acceptors (Lipinski definition) is 4. The lowest BCUT2D eigenvalue weighted by Gasteiger charge is -2.24. The number of hydrogen-bond donors (Lipinski definition) is 4. The predicted octanol–water partition coefficient (Wildman–Crippen LogP) is -1.32. The number of nitrogens with one attached hydrogen (secondary N) is 4. The van der Waals surface area contributed by atoms with Gasteiger partial charge in [-0.05, 0) is 19.4 Å². The molecular formula is C5H12N4. The largest absolute Gasteiger partial charge is 0.300 e. The number of fused-ring (bicyclic) bond motifs is 1. The van der Waals surface area contributed by atoms with E-state index in [0.29, 0.717) is 12.2 Å². The van der Waals surface area contributed by atoms with Crippen LogP contribution in [0.1, 0.15) is 12.8 Å². The fourth-order valence-corrected chi connectivity index (χ4v) is 1.41. The van der Waals surface area contributed by atoms with Gasteiger partial charge in [-0.2, -0.15) is 5.53 Å². The zero-order valence-corrected chi connectivity index (χ0v) is 5.28. The van der Waals surface area contributed by atoms with Gasteiger partial charge in [0.05, 0.1) is 12.2 Å². The van der Waals surface area contributed by atoms with Gasteiger partial charge in [-0.15, -0.1) is 0 Å². The average Bonchev–Trinajstić information content (AvgIpc) is 2.33. The molecule has 2 atom stereocenters. The molecule has 0 aliphatic carbocycles. The first-order chi connectivity index (χ1) is 4.47. The second-order valence-electron chi connectivity index (χ2n) is 2.59. The average molecular weight is 128 g/mol. The van der Waals surface area contributed by atoms with Crippen LogP contribution in [0.5, 0.6) is 0 Å². The normalized spacial score (nSPS) is 42.7. The van der Waals surface area contributed by atoms with Crippen molar-refractivity contribution in [1.29, 1.82) is 0 Å². The highest BCUT2D eigenvalue weighted by Gasteiger charge is 2.27. The van der Waals surface area contributed by atoms with Crippen molar-refractivity contribution in [3.05, 3.63) is 0 Å². The van der Waals surface area contributed by atoms with Crippen LogP contribution in [0.4, 0.5) is 0 Å². The van der Waals surface area contributed by atoms with Crippen molar-refractivity contribution in [2.24, 2.45) is 0 Å². The quantitative estimate of drug-likeness (QED) is 0.327. The van der Waals surface area contributed by atoms with Gasteiger partial charge < -0.3 is 0 Å². The van der Waals surface area contributed by atoms with Crippen LogP contribution < -0.4 is 21.7 Å². The molecule has 4 nitrogen and oxygen atoms in total. The van der Waals surface area contributed by atoms with Gasteiger partial charge in [0.25, 0.3) is 0 Å². The zero-order valence-electron chi connectivity index (χ0n) is 5.28. The molecule has 4 N–H and O–H groups in total. The Morgan fingerprint density at radius 3 is 3.11 bits per heavy atom. The second-order valence-corrected chi connectivity index (χ2v) is 2.59. The summed E-state index contributed by atoms with van der Waals surface area (Å²) in [5.41, 5.74) is 9.12. The van der Waals surface area contributed by atoms with E-state index >= 15 is 0 Å². The summed E-state index contributed by atoms with van der Waals surface area (Å²) in [5, 5.41) is 3.34. The minimum Gasteiger partial charge on any atom is -0.300 e. The zero-order chi connectivity index (χ0) is 6.10. The lowest BCUT2D eigenvalue weighted by atomic mass is 10.1. The van der Waals surface area contributed by atoms with Crippen molar-refractivity contribution in [2.75, 3.05) is 6.54 Å². The van der Waals surface area contributed by atoms with Gasteiger partial charge in [-0.3, -0.25) is 5.32 Å². The standard InChI is InChI=1S/C5H12N4/c1-2-4-5(6-3-1)8-9-7-4/h4-9H,1-3H2. The van der Waals surface area contributed by atoms with Crippen LogP contribution >= 0.6 is 0 Å². The molecule has 0 aromatic heterocycles. The van der Waals surface area contributed by atoms with Crippen molar-refractivity contribution in [3.63, 3.8) is 0 Å². The molecule has 2 aliphatic rings. The minimum atomic E-state index is 0.443. The molecule has 0 bridgehead atoms. The summed E-state index contributed by atoms with van der Waals surface area (Å²) in [6.45, 7) is 1.14. The van der Waals surface area contributed by atoms with E-state index < -0.39 is 0 Å². The van der Waals surface area contributed by atoms with Gasteiger partial charge in [0.2, 0.25) is 0 Å². The lowest BCUT2D eigenvalue weighted by Crippen LogP contribution is -2.49. The molecule has 0 radical (unpaired) electrons. The van der Waals surface area contributed by atoms with Crippen molar-refractivity contribution < 1.29 is 0 Å². The summed E-state index contributed by atoms with van der Waals surface area (Å²) in [7, 11) is 0. The molecular weight excluding hydrogens is 116 g/mol. The Bertz CT molecular complexity index is 93.1. The van der Waals surface area contributed by atoms with E-state index in [0.717, 1.165) is 6.54 Å². The number of piperidine rings is 1. The lowest BCUT2D eigenvalue weighted by molar-refractivity contribution is 0.347. The Hall–Kier alpha value is -0.160. The second kappa shape index (κ2) is 2.22. The topological polar surface area (TPSA) is 48.1 Å². The predicted molar refractivity (Wildman–Crippen MR) is 34.2 cm³/mol. The Morgan fingerprint density at radius 2 is 2.22 bits per heavy atom. The van der Waals surface area contributed by atoms with Crippen LogP contribution in [0.25, 0.3) is 0 Å². The summed E-state index contributed by atoms with van der Waals surface area (Å²) in [6.07, 6.45) is 2.98. The molecule has 9 heavy (non-hydrogen) atoms. The van der Waals surface area contributed by atoms with E-state index in [1.807, 2.05) is 0 Å². The highest BCUT2D eigenvalue weighted by molar-refractivity contribution is 4.85. The van der Waals surface area contributed by atoms with Crippen LogP contribution in [-0.2, 0) is 0 Å². The van der Waals surface area contributed by atoms with Crippen LogP contribution in [-0.4, -0.2) is 18.8 Å². The van der Waals surface area contributed by atoms with Crippen molar-refractivity contribution >= 4 is 0 Å². The van der Waals surface area contributed by atoms with Crippen LogP contribution in [0.2, 0.25) is 0 Å². The monoisotopic (exact) mass is 128 g/mol. The van der Waals surface area contributed by atoms with E-state index in [4.69, 9.17) is 0 Å². The molecule has 0 saturated carbocycles. The maximum atomic E-state index is 3.34. The molecule has 2 fully saturated rings. The molecule has 2 aliphatic heterocycles. The smallest absolute Gasteiger partial charge is 0.0886 e. The molecule has 2 unspecified atom stereocenters. The first kappa shape index (κ1) is 5.61. The van der Waals surface area contributed by atoms with Crippen molar-refractivity contribution in [3.8, 4) is 0 Å². The third-order valence-corrected chi connectivity index (χ3v) is 1.94. The molecule has 4 heteroatoms.